The molecular formula is C18H18Cl2N4O3. The summed E-state index contributed by atoms with van der Waals surface area (Å²) in [4.78, 5) is 30.6. The predicted octanol–water partition coefficient (Wildman–Crippen LogP) is 2.59. The number of hydrogen-bond donors (Lipinski definition) is 2. The quantitative estimate of drug-likeness (QED) is 0.793. The van der Waals surface area contributed by atoms with Crippen molar-refractivity contribution in [3.8, 4) is 0 Å². The molecule has 2 N–H and O–H groups in total. The molecule has 0 bridgehead atoms. The van der Waals surface area contributed by atoms with Gasteiger partial charge in [0.15, 0.2) is 0 Å². The van der Waals surface area contributed by atoms with Crippen molar-refractivity contribution in [1.29, 1.82) is 0 Å². The van der Waals surface area contributed by atoms with Crippen LogP contribution in [0.15, 0.2) is 36.5 Å². The molecule has 142 valence electrons. The summed E-state index contributed by atoms with van der Waals surface area (Å²) in [6, 6.07) is 8.28. The summed E-state index contributed by atoms with van der Waals surface area (Å²) in [5.41, 5.74) is 1.53. The van der Waals surface area contributed by atoms with Crippen LogP contribution in [0, 0.1) is 0 Å². The number of amides is 2. The van der Waals surface area contributed by atoms with Gasteiger partial charge in [-0.3, -0.25) is 14.6 Å². The second-order valence-corrected chi connectivity index (χ2v) is 6.70. The maximum atomic E-state index is 12.3. The van der Waals surface area contributed by atoms with Crippen LogP contribution in [0.25, 0.3) is 0 Å². The van der Waals surface area contributed by atoms with Gasteiger partial charge in [0.2, 0.25) is 5.91 Å². The van der Waals surface area contributed by atoms with E-state index in [1.165, 1.54) is 6.07 Å². The van der Waals surface area contributed by atoms with E-state index in [2.05, 4.69) is 20.5 Å². The maximum Gasteiger partial charge on any atom is 0.270 e. The van der Waals surface area contributed by atoms with E-state index < -0.39 is 11.8 Å². The molecule has 7 nitrogen and oxygen atoms in total. The lowest BCUT2D eigenvalue weighted by Gasteiger charge is -2.28. The molecule has 0 unspecified atom stereocenters. The van der Waals surface area contributed by atoms with Gasteiger partial charge < -0.3 is 20.3 Å². The first-order chi connectivity index (χ1) is 13.0. The van der Waals surface area contributed by atoms with Gasteiger partial charge in [-0.1, -0.05) is 23.2 Å². The predicted molar refractivity (Wildman–Crippen MR) is 105 cm³/mol. The van der Waals surface area contributed by atoms with Crippen LogP contribution in [0.4, 0.5) is 11.4 Å². The van der Waals surface area contributed by atoms with Crippen LogP contribution in [0.2, 0.25) is 10.0 Å². The van der Waals surface area contributed by atoms with Gasteiger partial charge in [-0.15, -0.1) is 0 Å². The van der Waals surface area contributed by atoms with Crippen molar-refractivity contribution in [2.45, 2.75) is 0 Å². The zero-order chi connectivity index (χ0) is 19.2. The first-order valence-electron chi connectivity index (χ1n) is 8.35. The highest BCUT2D eigenvalue weighted by molar-refractivity contribution is 6.35. The summed E-state index contributed by atoms with van der Waals surface area (Å²) in [5.74, 6) is -0.852. The summed E-state index contributed by atoms with van der Waals surface area (Å²) in [6.45, 7) is 2.60. The number of nitrogens with zero attached hydrogens (tertiary/aromatic N) is 2. The largest absolute Gasteiger partial charge is 0.378 e. The number of aromatic nitrogens is 1. The van der Waals surface area contributed by atoms with Crippen molar-refractivity contribution < 1.29 is 14.3 Å². The lowest BCUT2D eigenvalue weighted by Crippen LogP contribution is -2.37. The zero-order valence-corrected chi connectivity index (χ0v) is 15.9. The SMILES string of the molecule is O=C(CNC(=O)c1cc(N2CCOCC2)ccn1)Nc1cc(Cl)ccc1Cl. The zero-order valence-electron chi connectivity index (χ0n) is 14.4. The van der Waals surface area contributed by atoms with E-state index in [-0.39, 0.29) is 12.2 Å². The van der Waals surface area contributed by atoms with Crippen LogP contribution in [0.5, 0.6) is 0 Å². The Morgan fingerprint density at radius 2 is 1.93 bits per heavy atom. The highest BCUT2D eigenvalue weighted by atomic mass is 35.5. The summed E-state index contributed by atoms with van der Waals surface area (Å²) in [5, 5.41) is 5.97. The third-order valence-corrected chi connectivity index (χ3v) is 4.53. The first-order valence-corrected chi connectivity index (χ1v) is 9.10. The Bertz CT molecular complexity index is 841. The van der Waals surface area contributed by atoms with Crippen LogP contribution in [0.1, 0.15) is 10.5 Å². The molecule has 1 aromatic carbocycles. The van der Waals surface area contributed by atoms with Crippen molar-refractivity contribution in [2.24, 2.45) is 0 Å². The number of hydrogen-bond acceptors (Lipinski definition) is 5. The lowest BCUT2D eigenvalue weighted by molar-refractivity contribution is -0.115. The van der Waals surface area contributed by atoms with E-state index in [0.29, 0.717) is 28.9 Å². The monoisotopic (exact) mass is 408 g/mol. The van der Waals surface area contributed by atoms with Crippen LogP contribution >= 0.6 is 23.2 Å². The van der Waals surface area contributed by atoms with Gasteiger partial charge in [0.1, 0.15) is 5.69 Å². The van der Waals surface area contributed by atoms with Crippen molar-refractivity contribution in [3.63, 3.8) is 0 Å². The topological polar surface area (TPSA) is 83.6 Å². The molecule has 0 radical (unpaired) electrons. The Morgan fingerprint density at radius 3 is 2.70 bits per heavy atom. The normalized spacial score (nSPS) is 13.9. The fourth-order valence-electron chi connectivity index (χ4n) is 2.60. The Labute approximate surface area is 166 Å². The Hall–Kier alpha value is -2.35. The van der Waals surface area contributed by atoms with E-state index in [4.69, 9.17) is 27.9 Å². The molecule has 2 aromatic rings. The maximum absolute atomic E-state index is 12.3. The molecule has 1 saturated heterocycles. The van der Waals surface area contributed by atoms with Crippen molar-refractivity contribution >= 4 is 46.4 Å². The number of carbonyl (C=O) groups is 2. The number of pyridine rings is 1. The Kier molecular flexibility index (Phi) is 6.49. The Balaban J connectivity index is 1.57. The van der Waals surface area contributed by atoms with E-state index in [0.717, 1.165) is 18.8 Å². The molecule has 1 aliphatic heterocycles. The number of halogens is 2. The van der Waals surface area contributed by atoms with Crippen LogP contribution in [0.3, 0.4) is 0 Å². The summed E-state index contributed by atoms with van der Waals surface area (Å²) < 4.78 is 5.33. The molecule has 0 saturated carbocycles. The minimum atomic E-state index is -0.433. The molecule has 2 heterocycles. The highest BCUT2D eigenvalue weighted by Gasteiger charge is 2.15. The minimum absolute atomic E-state index is 0.217. The molecule has 27 heavy (non-hydrogen) atoms. The van der Waals surface area contributed by atoms with E-state index in [9.17, 15) is 9.59 Å². The summed E-state index contributed by atoms with van der Waals surface area (Å²) in [6.07, 6.45) is 1.57. The molecule has 0 atom stereocenters. The minimum Gasteiger partial charge on any atom is -0.378 e. The smallest absolute Gasteiger partial charge is 0.270 e. The number of ether oxygens (including phenoxy) is 1. The lowest BCUT2D eigenvalue weighted by atomic mass is 10.2. The molecule has 1 aromatic heterocycles. The van der Waals surface area contributed by atoms with E-state index >= 15 is 0 Å². The molecule has 3 rings (SSSR count). The highest BCUT2D eigenvalue weighted by Crippen LogP contribution is 2.25. The second-order valence-electron chi connectivity index (χ2n) is 5.85. The van der Waals surface area contributed by atoms with Gasteiger partial charge in [-0.25, -0.2) is 0 Å². The number of carbonyl (C=O) groups excluding carboxylic acids is 2. The summed E-state index contributed by atoms with van der Waals surface area (Å²) in [7, 11) is 0. The fourth-order valence-corrected chi connectivity index (χ4v) is 2.94. The van der Waals surface area contributed by atoms with Gasteiger partial charge >= 0.3 is 0 Å². The number of morpholine rings is 1. The summed E-state index contributed by atoms with van der Waals surface area (Å²) >= 11 is 11.9. The molecule has 1 aliphatic rings. The second kappa shape index (κ2) is 9.03. The number of nitrogens with one attached hydrogen (secondary N) is 2. The Morgan fingerprint density at radius 1 is 1.15 bits per heavy atom. The molecule has 0 aliphatic carbocycles. The number of rotatable bonds is 5. The number of benzene rings is 1. The van der Waals surface area contributed by atoms with Crippen molar-refractivity contribution in [3.05, 3.63) is 52.3 Å². The molecule has 9 heteroatoms. The van der Waals surface area contributed by atoms with Crippen LogP contribution < -0.4 is 15.5 Å². The average Bonchev–Trinajstić information content (AvgIpc) is 2.69. The van der Waals surface area contributed by atoms with Crippen molar-refractivity contribution in [2.75, 3.05) is 43.1 Å². The van der Waals surface area contributed by atoms with Crippen LogP contribution in [-0.2, 0) is 9.53 Å². The standard InChI is InChI=1S/C18H18Cl2N4O3/c19-12-1-2-14(20)15(9-12)23-17(25)11-22-18(26)16-10-13(3-4-21-16)24-5-7-27-8-6-24/h1-4,9-10H,5-8,11H2,(H,22,26)(H,23,25). The van der Waals surface area contributed by atoms with Crippen molar-refractivity contribution in [1.82, 2.24) is 10.3 Å². The van der Waals surface area contributed by atoms with Gasteiger partial charge in [0, 0.05) is 30.0 Å². The first kappa shape index (κ1) is 19.4. The average molecular weight is 409 g/mol. The van der Waals surface area contributed by atoms with Gasteiger partial charge in [-0.05, 0) is 30.3 Å². The van der Waals surface area contributed by atoms with Gasteiger partial charge in [0.05, 0.1) is 30.5 Å². The fraction of sp³-hybridized carbons (Fsp3) is 0.278. The van der Waals surface area contributed by atoms with E-state index in [1.807, 2.05) is 6.07 Å². The third kappa shape index (κ3) is 5.32. The van der Waals surface area contributed by atoms with E-state index in [1.54, 1.807) is 24.4 Å². The van der Waals surface area contributed by atoms with Gasteiger partial charge in [0.25, 0.3) is 5.91 Å². The molecular weight excluding hydrogens is 391 g/mol. The van der Waals surface area contributed by atoms with Gasteiger partial charge in [-0.2, -0.15) is 0 Å². The molecule has 0 spiro atoms. The molecule has 1 fully saturated rings. The third-order valence-electron chi connectivity index (χ3n) is 3.96. The van der Waals surface area contributed by atoms with Crippen LogP contribution in [-0.4, -0.2) is 49.6 Å². The number of anilines is 2. The molecule has 2 amide bonds.